The van der Waals surface area contributed by atoms with Crippen molar-refractivity contribution < 1.29 is 19.0 Å². The van der Waals surface area contributed by atoms with E-state index in [9.17, 15) is 4.79 Å². The molecule has 0 saturated heterocycles. The van der Waals surface area contributed by atoms with Gasteiger partial charge in [0.05, 0.1) is 0 Å². The zero-order chi connectivity index (χ0) is 11.7. The molecule has 15 heavy (non-hydrogen) atoms. The lowest BCUT2D eigenvalue weighted by Gasteiger charge is -2.16. The molecule has 0 amide bonds. The third-order valence-electron chi connectivity index (χ3n) is 1.81. The van der Waals surface area contributed by atoms with Gasteiger partial charge in [0, 0.05) is 18.8 Å². The van der Waals surface area contributed by atoms with Crippen LogP contribution in [-0.4, -0.2) is 32.1 Å². The van der Waals surface area contributed by atoms with Gasteiger partial charge in [-0.05, 0) is 27.7 Å². The molecule has 0 unspecified atom stereocenters. The second kappa shape index (κ2) is 8.44. The molecule has 0 fully saturated rings. The van der Waals surface area contributed by atoms with E-state index in [4.69, 9.17) is 14.2 Å². The highest BCUT2D eigenvalue weighted by atomic mass is 16.7. The molecule has 0 heterocycles. The summed E-state index contributed by atoms with van der Waals surface area (Å²) in [5.41, 5.74) is 0.585. The number of carbonyl (C=O) groups excluding carboxylic acids is 1. The van der Waals surface area contributed by atoms with Crippen molar-refractivity contribution in [2.45, 2.75) is 34.0 Å². The van der Waals surface area contributed by atoms with Gasteiger partial charge >= 0.3 is 5.97 Å². The normalized spacial score (nSPS) is 11.9. The Kier molecular flexibility index (Phi) is 7.95. The van der Waals surface area contributed by atoms with Gasteiger partial charge in [-0.3, -0.25) is 0 Å². The summed E-state index contributed by atoms with van der Waals surface area (Å²) >= 11 is 0. The first-order valence-corrected chi connectivity index (χ1v) is 5.18. The first kappa shape index (κ1) is 14.1. The topological polar surface area (TPSA) is 44.8 Å². The maximum atomic E-state index is 11.3. The largest absolute Gasteiger partial charge is 0.457 e. The van der Waals surface area contributed by atoms with E-state index in [1.165, 1.54) is 0 Å². The Bertz CT molecular complexity index is 205. The van der Waals surface area contributed by atoms with Crippen LogP contribution in [0, 0.1) is 0 Å². The minimum Gasteiger partial charge on any atom is -0.457 e. The van der Waals surface area contributed by atoms with Gasteiger partial charge in [-0.2, -0.15) is 0 Å². The number of allylic oxidation sites excluding steroid dienone is 1. The number of hydrogen-bond acceptors (Lipinski definition) is 4. The van der Waals surface area contributed by atoms with Crippen LogP contribution in [0.2, 0.25) is 0 Å². The van der Waals surface area contributed by atoms with Crippen LogP contribution in [0.3, 0.4) is 0 Å². The van der Waals surface area contributed by atoms with Crippen molar-refractivity contribution in [3.05, 3.63) is 11.6 Å². The molecule has 88 valence electrons. The third-order valence-corrected chi connectivity index (χ3v) is 1.81. The van der Waals surface area contributed by atoms with Crippen molar-refractivity contribution in [2.24, 2.45) is 0 Å². The van der Waals surface area contributed by atoms with Crippen LogP contribution in [0.4, 0.5) is 0 Å². The molecule has 0 spiro atoms. The lowest BCUT2D eigenvalue weighted by Crippen LogP contribution is -2.25. The maximum absolute atomic E-state index is 11.3. The lowest BCUT2D eigenvalue weighted by atomic mass is 10.3. The molecule has 0 rings (SSSR count). The van der Waals surface area contributed by atoms with E-state index in [2.05, 4.69) is 0 Å². The Hall–Kier alpha value is -0.870. The third kappa shape index (κ3) is 6.25. The van der Waals surface area contributed by atoms with Crippen LogP contribution in [0.1, 0.15) is 27.7 Å². The molecule has 0 aromatic heterocycles. The van der Waals surface area contributed by atoms with Crippen LogP contribution in [-0.2, 0) is 19.0 Å². The Labute approximate surface area is 91.2 Å². The molecule has 0 bridgehead atoms. The van der Waals surface area contributed by atoms with Crippen LogP contribution >= 0.6 is 0 Å². The summed E-state index contributed by atoms with van der Waals surface area (Å²) in [6.45, 7) is 8.43. The van der Waals surface area contributed by atoms with Crippen molar-refractivity contribution in [2.75, 3.05) is 19.8 Å². The summed E-state index contributed by atoms with van der Waals surface area (Å²) in [7, 11) is 0. The standard InChI is InChI=1S/C11H20O4/c1-5-9(4)11(12)15-8-10(13-6-2)14-7-3/h5,10H,6-8H2,1-4H3. The number of hydrogen-bond donors (Lipinski definition) is 0. The van der Waals surface area contributed by atoms with Crippen molar-refractivity contribution in [1.82, 2.24) is 0 Å². The van der Waals surface area contributed by atoms with Gasteiger partial charge in [0.2, 0.25) is 0 Å². The molecule has 0 aliphatic rings. The number of carbonyl (C=O) groups is 1. The summed E-state index contributed by atoms with van der Waals surface area (Å²) in [5.74, 6) is -0.332. The highest BCUT2D eigenvalue weighted by Gasteiger charge is 2.12. The molecular weight excluding hydrogens is 196 g/mol. The van der Waals surface area contributed by atoms with Crippen LogP contribution in [0.25, 0.3) is 0 Å². The minimum atomic E-state index is -0.464. The number of esters is 1. The Morgan fingerprint density at radius 2 is 1.80 bits per heavy atom. The summed E-state index contributed by atoms with van der Waals surface area (Å²) in [4.78, 5) is 11.3. The van der Waals surface area contributed by atoms with E-state index < -0.39 is 6.29 Å². The smallest absolute Gasteiger partial charge is 0.333 e. The van der Waals surface area contributed by atoms with E-state index in [0.29, 0.717) is 18.8 Å². The Morgan fingerprint density at radius 3 is 2.20 bits per heavy atom. The monoisotopic (exact) mass is 216 g/mol. The Morgan fingerprint density at radius 1 is 1.27 bits per heavy atom. The van der Waals surface area contributed by atoms with Gasteiger partial charge in [-0.25, -0.2) is 4.79 Å². The highest BCUT2D eigenvalue weighted by Crippen LogP contribution is 2.00. The Balaban J connectivity index is 3.93. The van der Waals surface area contributed by atoms with Gasteiger partial charge in [0.1, 0.15) is 6.61 Å². The van der Waals surface area contributed by atoms with Crippen molar-refractivity contribution in [3.8, 4) is 0 Å². The van der Waals surface area contributed by atoms with Crippen LogP contribution in [0.15, 0.2) is 11.6 Å². The molecule has 0 aliphatic heterocycles. The van der Waals surface area contributed by atoms with E-state index in [0.717, 1.165) is 0 Å². The van der Waals surface area contributed by atoms with Crippen molar-refractivity contribution >= 4 is 5.97 Å². The second-order valence-electron chi connectivity index (χ2n) is 2.91. The van der Waals surface area contributed by atoms with E-state index in [1.807, 2.05) is 13.8 Å². The first-order valence-electron chi connectivity index (χ1n) is 5.18. The molecule has 0 aliphatic carbocycles. The average Bonchev–Trinajstić information content (AvgIpc) is 2.25. The highest BCUT2D eigenvalue weighted by molar-refractivity contribution is 5.87. The SMILES string of the molecule is CC=C(C)C(=O)OCC(OCC)OCC. The molecule has 0 N–H and O–H groups in total. The second-order valence-corrected chi connectivity index (χ2v) is 2.91. The van der Waals surface area contributed by atoms with E-state index in [-0.39, 0.29) is 12.6 Å². The van der Waals surface area contributed by atoms with Crippen molar-refractivity contribution in [1.29, 1.82) is 0 Å². The lowest BCUT2D eigenvalue weighted by molar-refractivity contribution is -0.176. The van der Waals surface area contributed by atoms with Gasteiger partial charge in [-0.15, -0.1) is 0 Å². The zero-order valence-corrected chi connectivity index (χ0v) is 9.91. The quantitative estimate of drug-likeness (QED) is 0.370. The van der Waals surface area contributed by atoms with Crippen LogP contribution < -0.4 is 0 Å². The molecule has 4 heteroatoms. The fraction of sp³-hybridized carbons (Fsp3) is 0.727. The van der Waals surface area contributed by atoms with Gasteiger partial charge < -0.3 is 14.2 Å². The predicted octanol–water partition coefficient (Wildman–Crippen LogP) is 1.89. The molecule has 4 nitrogen and oxygen atoms in total. The summed E-state index contributed by atoms with van der Waals surface area (Å²) in [6, 6.07) is 0. The fourth-order valence-electron chi connectivity index (χ4n) is 0.892. The number of rotatable bonds is 7. The molecule has 0 aromatic carbocycles. The molecular formula is C11H20O4. The average molecular weight is 216 g/mol. The van der Waals surface area contributed by atoms with Gasteiger partial charge in [-0.1, -0.05) is 6.08 Å². The summed E-state index contributed by atoms with van der Waals surface area (Å²) < 4.78 is 15.5. The molecule has 0 radical (unpaired) electrons. The predicted molar refractivity (Wildman–Crippen MR) is 57.4 cm³/mol. The van der Waals surface area contributed by atoms with E-state index in [1.54, 1.807) is 19.9 Å². The van der Waals surface area contributed by atoms with Gasteiger partial charge in [0.15, 0.2) is 6.29 Å². The molecule has 0 aromatic rings. The minimum absolute atomic E-state index is 0.131. The van der Waals surface area contributed by atoms with Gasteiger partial charge in [0.25, 0.3) is 0 Å². The first-order chi connectivity index (χ1) is 7.15. The number of ether oxygens (including phenoxy) is 3. The molecule has 0 saturated carbocycles. The fourth-order valence-corrected chi connectivity index (χ4v) is 0.892. The summed E-state index contributed by atoms with van der Waals surface area (Å²) in [6.07, 6.45) is 1.24. The summed E-state index contributed by atoms with van der Waals surface area (Å²) in [5, 5.41) is 0. The van der Waals surface area contributed by atoms with E-state index >= 15 is 0 Å². The maximum Gasteiger partial charge on any atom is 0.333 e. The van der Waals surface area contributed by atoms with Crippen LogP contribution in [0.5, 0.6) is 0 Å². The van der Waals surface area contributed by atoms with Crippen molar-refractivity contribution in [3.63, 3.8) is 0 Å². The zero-order valence-electron chi connectivity index (χ0n) is 9.91. The molecule has 0 atom stereocenters.